The molecule has 0 bridgehead atoms. The Balaban J connectivity index is 1.75. The zero-order chi connectivity index (χ0) is 17.6. The van der Waals surface area contributed by atoms with E-state index in [1.54, 1.807) is 0 Å². The number of halogens is 1. The van der Waals surface area contributed by atoms with Gasteiger partial charge >= 0.3 is 0 Å². The van der Waals surface area contributed by atoms with Crippen LogP contribution in [0.2, 0.25) is 5.02 Å². The number of hydrogen-bond donors (Lipinski definition) is 1. The molecule has 0 spiro atoms. The Morgan fingerprint density at radius 1 is 1.21 bits per heavy atom. The first-order valence-electron chi connectivity index (χ1n) is 8.90. The third-order valence-corrected chi connectivity index (χ3v) is 5.34. The number of hydrogen-bond acceptors (Lipinski definition) is 3. The van der Waals surface area contributed by atoms with Crippen molar-refractivity contribution in [1.29, 1.82) is 0 Å². The first-order chi connectivity index (χ1) is 11.4. The summed E-state index contributed by atoms with van der Waals surface area (Å²) in [4.78, 5) is 17.1. The van der Waals surface area contributed by atoms with Crippen molar-refractivity contribution >= 4 is 17.5 Å². The molecule has 1 aliphatic heterocycles. The molecule has 0 atom stereocenters. The van der Waals surface area contributed by atoms with Crippen molar-refractivity contribution in [2.75, 3.05) is 39.3 Å². The Kier molecular flexibility index (Phi) is 7.08. The van der Waals surface area contributed by atoms with E-state index in [2.05, 4.69) is 35.9 Å². The molecule has 1 aromatic carbocycles. The number of piperazine rings is 1. The van der Waals surface area contributed by atoms with Gasteiger partial charge in [-0.05, 0) is 38.4 Å². The largest absolute Gasteiger partial charge is 0.354 e. The van der Waals surface area contributed by atoms with Crippen molar-refractivity contribution in [2.24, 2.45) is 0 Å². The number of amides is 1. The molecular formula is C19H30ClN3O. The number of carbonyl (C=O) groups excluding carboxylic acids is 1. The van der Waals surface area contributed by atoms with Crippen LogP contribution in [0, 0.1) is 0 Å². The van der Waals surface area contributed by atoms with Crippen molar-refractivity contribution < 1.29 is 4.79 Å². The van der Waals surface area contributed by atoms with Crippen LogP contribution in [-0.4, -0.2) is 60.5 Å². The Labute approximate surface area is 151 Å². The van der Waals surface area contributed by atoms with Crippen LogP contribution in [0.5, 0.6) is 0 Å². The minimum Gasteiger partial charge on any atom is -0.354 e. The molecule has 1 heterocycles. The molecule has 2 rings (SSSR count). The van der Waals surface area contributed by atoms with E-state index in [-0.39, 0.29) is 11.4 Å². The fraction of sp³-hybridized carbons (Fsp3) is 0.632. The second kappa shape index (κ2) is 8.84. The number of aryl methyl sites for hydroxylation is 1. The zero-order valence-corrected chi connectivity index (χ0v) is 15.9. The summed E-state index contributed by atoms with van der Waals surface area (Å²) in [5.74, 6) is 0.0928. The summed E-state index contributed by atoms with van der Waals surface area (Å²) in [6.45, 7) is 12.8. The number of rotatable bonds is 7. The fourth-order valence-electron chi connectivity index (χ4n) is 3.13. The summed E-state index contributed by atoms with van der Waals surface area (Å²) in [6.07, 6.45) is 1.16. The van der Waals surface area contributed by atoms with E-state index in [4.69, 9.17) is 11.6 Å². The maximum atomic E-state index is 12.2. The number of carbonyl (C=O) groups is 1. The maximum Gasteiger partial charge on any atom is 0.220 e. The Morgan fingerprint density at radius 2 is 1.88 bits per heavy atom. The quantitative estimate of drug-likeness (QED) is 0.820. The van der Waals surface area contributed by atoms with Gasteiger partial charge in [0.2, 0.25) is 5.91 Å². The average Bonchev–Trinajstić information content (AvgIpc) is 2.59. The van der Waals surface area contributed by atoms with Crippen molar-refractivity contribution in [3.8, 4) is 0 Å². The van der Waals surface area contributed by atoms with E-state index in [1.165, 1.54) is 0 Å². The van der Waals surface area contributed by atoms with Crippen LogP contribution in [0.15, 0.2) is 24.3 Å². The molecule has 0 radical (unpaired) electrons. The summed E-state index contributed by atoms with van der Waals surface area (Å²) in [5, 5.41) is 3.83. The predicted molar refractivity (Wildman–Crippen MR) is 101 cm³/mol. The lowest BCUT2D eigenvalue weighted by molar-refractivity contribution is -0.121. The molecular weight excluding hydrogens is 322 g/mol. The molecule has 5 heteroatoms. The monoisotopic (exact) mass is 351 g/mol. The summed E-state index contributed by atoms with van der Waals surface area (Å²) in [6, 6.07) is 7.71. The summed E-state index contributed by atoms with van der Waals surface area (Å²) < 4.78 is 0. The van der Waals surface area contributed by atoms with Crippen LogP contribution in [0.4, 0.5) is 0 Å². The van der Waals surface area contributed by atoms with Crippen LogP contribution in [0.3, 0.4) is 0 Å². The van der Waals surface area contributed by atoms with E-state index >= 15 is 0 Å². The summed E-state index contributed by atoms with van der Waals surface area (Å²) >= 11 is 6.14. The van der Waals surface area contributed by atoms with Crippen LogP contribution >= 0.6 is 11.6 Å². The van der Waals surface area contributed by atoms with Crippen LogP contribution in [0.1, 0.15) is 32.8 Å². The molecule has 1 aliphatic rings. The highest BCUT2D eigenvalue weighted by Crippen LogP contribution is 2.18. The van der Waals surface area contributed by atoms with Gasteiger partial charge in [-0.15, -0.1) is 0 Å². The van der Waals surface area contributed by atoms with Crippen LogP contribution < -0.4 is 5.32 Å². The van der Waals surface area contributed by atoms with E-state index < -0.39 is 0 Å². The topological polar surface area (TPSA) is 35.6 Å². The van der Waals surface area contributed by atoms with Crippen LogP contribution in [0.25, 0.3) is 0 Å². The van der Waals surface area contributed by atoms with Gasteiger partial charge in [0.25, 0.3) is 0 Å². The fourth-order valence-corrected chi connectivity index (χ4v) is 3.36. The highest BCUT2D eigenvalue weighted by Gasteiger charge is 2.29. The number of nitrogens with zero attached hydrogens (tertiary/aromatic N) is 2. The Morgan fingerprint density at radius 3 is 2.50 bits per heavy atom. The van der Waals surface area contributed by atoms with Gasteiger partial charge in [-0.1, -0.05) is 36.7 Å². The van der Waals surface area contributed by atoms with Gasteiger partial charge in [-0.3, -0.25) is 9.69 Å². The van der Waals surface area contributed by atoms with Crippen molar-refractivity contribution in [3.63, 3.8) is 0 Å². The lowest BCUT2D eigenvalue weighted by Gasteiger charge is -2.44. The summed E-state index contributed by atoms with van der Waals surface area (Å²) in [5.41, 5.74) is 1.02. The number of benzene rings is 1. The van der Waals surface area contributed by atoms with Crippen molar-refractivity contribution in [2.45, 2.75) is 39.2 Å². The Hall–Kier alpha value is -1.10. The molecule has 1 N–H and O–H groups in total. The molecule has 0 aliphatic carbocycles. The lowest BCUT2D eigenvalue weighted by atomic mass is 10.0. The minimum absolute atomic E-state index is 0.0140. The minimum atomic E-state index is -0.0140. The van der Waals surface area contributed by atoms with Crippen molar-refractivity contribution in [3.05, 3.63) is 34.9 Å². The number of likely N-dealkylation sites (N-methyl/N-ethyl adjacent to an activating group) is 1. The third kappa shape index (κ3) is 5.47. The first kappa shape index (κ1) is 19.2. The SMILES string of the molecule is CCN1CCN(C(C)(C)CNC(=O)CCc2ccccc2Cl)CC1. The van der Waals surface area contributed by atoms with Gasteiger partial charge in [0, 0.05) is 49.7 Å². The van der Waals surface area contributed by atoms with Gasteiger partial charge in [0.05, 0.1) is 0 Å². The predicted octanol–water partition coefficient (Wildman–Crippen LogP) is 2.80. The van der Waals surface area contributed by atoms with Gasteiger partial charge < -0.3 is 10.2 Å². The molecule has 4 nitrogen and oxygen atoms in total. The van der Waals surface area contributed by atoms with E-state index in [9.17, 15) is 4.79 Å². The second-order valence-electron chi connectivity index (χ2n) is 7.10. The molecule has 24 heavy (non-hydrogen) atoms. The number of nitrogens with one attached hydrogen (secondary N) is 1. The molecule has 0 aromatic heterocycles. The van der Waals surface area contributed by atoms with Crippen LogP contribution in [-0.2, 0) is 11.2 Å². The first-order valence-corrected chi connectivity index (χ1v) is 9.27. The third-order valence-electron chi connectivity index (χ3n) is 4.97. The van der Waals surface area contributed by atoms with Gasteiger partial charge in [-0.25, -0.2) is 0 Å². The van der Waals surface area contributed by atoms with Gasteiger partial charge in [0.15, 0.2) is 0 Å². The highest BCUT2D eigenvalue weighted by atomic mass is 35.5. The van der Waals surface area contributed by atoms with Crippen molar-refractivity contribution in [1.82, 2.24) is 15.1 Å². The smallest absolute Gasteiger partial charge is 0.220 e. The molecule has 1 amide bonds. The van der Waals surface area contributed by atoms with Gasteiger partial charge in [-0.2, -0.15) is 0 Å². The van der Waals surface area contributed by atoms with E-state index in [1.807, 2.05) is 24.3 Å². The summed E-state index contributed by atoms with van der Waals surface area (Å²) in [7, 11) is 0. The lowest BCUT2D eigenvalue weighted by Crippen LogP contribution is -2.58. The molecule has 1 fully saturated rings. The maximum absolute atomic E-state index is 12.2. The molecule has 0 saturated carbocycles. The second-order valence-corrected chi connectivity index (χ2v) is 7.51. The standard InChI is InChI=1S/C19H30ClN3O/c1-4-22-11-13-23(14-12-22)19(2,3)15-21-18(24)10-9-16-7-5-6-8-17(16)20/h5-8H,4,9-15H2,1-3H3,(H,21,24). The molecule has 134 valence electrons. The highest BCUT2D eigenvalue weighted by molar-refractivity contribution is 6.31. The average molecular weight is 352 g/mol. The Bertz CT molecular complexity index is 539. The van der Waals surface area contributed by atoms with Gasteiger partial charge in [0.1, 0.15) is 0 Å². The normalized spacial score (nSPS) is 17.0. The molecule has 1 saturated heterocycles. The van der Waals surface area contributed by atoms with E-state index in [0.717, 1.165) is 43.3 Å². The molecule has 1 aromatic rings. The van der Waals surface area contributed by atoms with E-state index in [0.29, 0.717) is 19.4 Å². The zero-order valence-electron chi connectivity index (χ0n) is 15.1. The molecule has 0 unspecified atom stereocenters.